The molecular weight excluding hydrogens is 186 g/mol. The smallest absolute Gasteiger partial charge is 0.126 e. The van der Waals surface area contributed by atoms with Crippen LogP contribution < -0.4 is 10.5 Å². The number of aryl methyl sites for hydroxylation is 1. The molecule has 0 aromatic heterocycles. The van der Waals surface area contributed by atoms with Gasteiger partial charge < -0.3 is 10.5 Å². The fourth-order valence-corrected chi connectivity index (χ4v) is 2.22. The lowest BCUT2D eigenvalue weighted by molar-refractivity contribution is 0.251. The van der Waals surface area contributed by atoms with E-state index >= 15 is 0 Å². The minimum atomic E-state index is 0.311. The van der Waals surface area contributed by atoms with E-state index in [2.05, 4.69) is 32.9 Å². The molecule has 2 atom stereocenters. The van der Waals surface area contributed by atoms with E-state index in [0.29, 0.717) is 18.6 Å². The summed E-state index contributed by atoms with van der Waals surface area (Å²) in [7, 11) is 0. The maximum Gasteiger partial charge on any atom is 0.126 e. The molecule has 0 radical (unpaired) electrons. The molecule has 0 bridgehead atoms. The first-order valence-corrected chi connectivity index (χ1v) is 5.62. The van der Waals surface area contributed by atoms with Gasteiger partial charge in [-0.2, -0.15) is 0 Å². The molecule has 82 valence electrons. The summed E-state index contributed by atoms with van der Waals surface area (Å²) in [5.41, 5.74) is 9.65. The summed E-state index contributed by atoms with van der Waals surface area (Å²) in [6.07, 6.45) is 1.34. The summed E-state index contributed by atoms with van der Waals surface area (Å²) in [6, 6.07) is 4.43. The Bertz CT molecular complexity index is 373. The number of nitrogens with two attached hydrogens (primary N) is 1. The van der Waals surface area contributed by atoms with E-state index in [-0.39, 0.29) is 0 Å². The van der Waals surface area contributed by atoms with Gasteiger partial charge in [0, 0.05) is 6.42 Å². The van der Waals surface area contributed by atoms with Crippen molar-refractivity contribution in [1.29, 1.82) is 0 Å². The lowest BCUT2D eigenvalue weighted by atomic mass is 9.95. The van der Waals surface area contributed by atoms with Gasteiger partial charge in [0.1, 0.15) is 11.9 Å². The minimum Gasteiger partial charge on any atom is -0.490 e. The molecule has 1 aromatic rings. The zero-order chi connectivity index (χ0) is 11.0. The van der Waals surface area contributed by atoms with Gasteiger partial charge in [-0.1, -0.05) is 24.6 Å². The highest BCUT2D eigenvalue weighted by Crippen LogP contribution is 2.37. The Morgan fingerprint density at radius 2 is 2.27 bits per heavy atom. The van der Waals surface area contributed by atoms with E-state index in [0.717, 1.165) is 12.2 Å². The van der Waals surface area contributed by atoms with Gasteiger partial charge in [-0.05, 0) is 37.4 Å². The molecule has 15 heavy (non-hydrogen) atoms. The summed E-state index contributed by atoms with van der Waals surface area (Å²) >= 11 is 0. The third-order valence-corrected chi connectivity index (χ3v) is 3.05. The molecule has 0 saturated carbocycles. The summed E-state index contributed by atoms with van der Waals surface area (Å²) in [5, 5.41) is 0. The fourth-order valence-electron chi connectivity index (χ4n) is 2.22. The minimum absolute atomic E-state index is 0.311. The number of ether oxygens (including phenoxy) is 1. The highest BCUT2D eigenvalue weighted by Gasteiger charge is 2.24. The molecule has 1 aliphatic rings. The topological polar surface area (TPSA) is 35.2 Å². The van der Waals surface area contributed by atoms with Crippen LogP contribution in [0, 0.1) is 6.92 Å². The van der Waals surface area contributed by atoms with Crippen LogP contribution in [-0.4, -0.2) is 12.6 Å². The average Bonchev–Trinajstić information content (AvgIpc) is 2.55. The second-order valence-electron chi connectivity index (χ2n) is 4.61. The van der Waals surface area contributed by atoms with Gasteiger partial charge >= 0.3 is 0 Å². The molecule has 0 fully saturated rings. The van der Waals surface area contributed by atoms with Crippen LogP contribution in [0.5, 0.6) is 5.75 Å². The monoisotopic (exact) mass is 205 g/mol. The van der Waals surface area contributed by atoms with Crippen molar-refractivity contribution in [2.75, 3.05) is 6.54 Å². The third-order valence-electron chi connectivity index (χ3n) is 3.05. The Labute approximate surface area is 91.4 Å². The molecule has 0 amide bonds. The summed E-state index contributed by atoms with van der Waals surface area (Å²) in [6.45, 7) is 7.08. The van der Waals surface area contributed by atoms with Crippen LogP contribution in [0.1, 0.15) is 36.5 Å². The van der Waals surface area contributed by atoms with Crippen molar-refractivity contribution in [3.8, 4) is 5.75 Å². The van der Waals surface area contributed by atoms with E-state index in [4.69, 9.17) is 10.5 Å². The Kier molecular flexibility index (Phi) is 2.70. The van der Waals surface area contributed by atoms with E-state index < -0.39 is 0 Å². The predicted molar refractivity (Wildman–Crippen MR) is 62.4 cm³/mol. The van der Waals surface area contributed by atoms with Crippen molar-refractivity contribution < 1.29 is 4.74 Å². The quantitative estimate of drug-likeness (QED) is 0.804. The van der Waals surface area contributed by atoms with Crippen LogP contribution >= 0.6 is 0 Å². The van der Waals surface area contributed by atoms with Crippen LogP contribution in [0.3, 0.4) is 0 Å². The molecular formula is C13H19NO. The van der Waals surface area contributed by atoms with Crippen LogP contribution in [0.25, 0.3) is 0 Å². The molecule has 1 heterocycles. The molecule has 2 nitrogen and oxygen atoms in total. The van der Waals surface area contributed by atoms with E-state index in [1.807, 2.05) is 0 Å². The summed E-state index contributed by atoms with van der Waals surface area (Å²) in [4.78, 5) is 0. The van der Waals surface area contributed by atoms with Crippen molar-refractivity contribution in [3.63, 3.8) is 0 Å². The molecule has 1 aliphatic heterocycles. The van der Waals surface area contributed by atoms with Crippen molar-refractivity contribution in [2.24, 2.45) is 5.73 Å². The maximum atomic E-state index is 5.86. The number of hydrogen-bond donors (Lipinski definition) is 1. The van der Waals surface area contributed by atoms with Crippen molar-refractivity contribution in [2.45, 2.75) is 39.2 Å². The predicted octanol–water partition coefficient (Wildman–Crippen LogP) is 2.38. The normalized spacial score (nSPS) is 20.9. The van der Waals surface area contributed by atoms with Crippen LogP contribution in [-0.2, 0) is 6.42 Å². The third kappa shape index (κ3) is 1.86. The van der Waals surface area contributed by atoms with E-state index in [1.165, 1.54) is 16.7 Å². The molecule has 2 unspecified atom stereocenters. The maximum absolute atomic E-state index is 5.86. The first-order valence-electron chi connectivity index (χ1n) is 5.62. The molecule has 2 rings (SSSR count). The largest absolute Gasteiger partial charge is 0.490 e. The van der Waals surface area contributed by atoms with Gasteiger partial charge in [-0.25, -0.2) is 0 Å². The highest BCUT2D eigenvalue weighted by molar-refractivity contribution is 5.48. The van der Waals surface area contributed by atoms with Crippen molar-refractivity contribution in [3.05, 3.63) is 28.8 Å². The van der Waals surface area contributed by atoms with Crippen LogP contribution in [0.2, 0.25) is 0 Å². The van der Waals surface area contributed by atoms with E-state index in [9.17, 15) is 0 Å². The molecule has 2 N–H and O–H groups in total. The Morgan fingerprint density at radius 1 is 1.53 bits per heavy atom. The average molecular weight is 205 g/mol. The number of hydrogen-bond acceptors (Lipinski definition) is 2. The summed E-state index contributed by atoms with van der Waals surface area (Å²) < 4.78 is 5.86. The van der Waals surface area contributed by atoms with Gasteiger partial charge in [-0.3, -0.25) is 0 Å². The Hall–Kier alpha value is -1.02. The zero-order valence-electron chi connectivity index (χ0n) is 9.71. The van der Waals surface area contributed by atoms with Crippen molar-refractivity contribution >= 4 is 0 Å². The first-order chi connectivity index (χ1) is 7.11. The van der Waals surface area contributed by atoms with Gasteiger partial charge in [-0.15, -0.1) is 0 Å². The lowest BCUT2D eigenvalue weighted by Crippen LogP contribution is -2.11. The van der Waals surface area contributed by atoms with Gasteiger partial charge in [0.2, 0.25) is 0 Å². The molecule has 0 saturated heterocycles. The Morgan fingerprint density at radius 3 is 2.93 bits per heavy atom. The fraction of sp³-hybridized carbons (Fsp3) is 0.538. The van der Waals surface area contributed by atoms with Gasteiger partial charge in [0.25, 0.3) is 0 Å². The molecule has 0 spiro atoms. The summed E-state index contributed by atoms with van der Waals surface area (Å²) in [5.74, 6) is 1.47. The molecule has 0 aliphatic carbocycles. The van der Waals surface area contributed by atoms with Gasteiger partial charge in [0.15, 0.2) is 0 Å². The van der Waals surface area contributed by atoms with Gasteiger partial charge in [0.05, 0.1) is 0 Å². The standard InChI is InChI=1S/C13H19NO/c1-8-4-11-6-10(3)15-13(11)12(5-8)9(2)7-14/h4-5,9-10H,6-7,14H2,1-3H3. The second kappa shape index (κ2) is 3.86. The van der Waals surface area contributed by atoms with Crippen molar-refractivity contribution in [1.82, 2.24) is 0 Å². The first kappa shape index (κ1) is 10.5. The lowest BCUT2D eigenvalue weighted by Gasteiger charge is -2.15. The second-order valence-corrected chi connectivity index (χ2v) is 4.61. The van der Waals surface area contributed by atoms with E-state index in [1.54, 1.807) is 0 Å². The van der Waals surface area contributed by atoms with Crippen LogP contribution in [0.4, 0.5) is 0 Å². The SMILES string of the molecule is Cc1cc2c(c(C(C)CN)c1)OC(C)C2. The number of rotatable bonds is 2. The molecule has 2 heteroatoms. The zero-order valence-corrected chi connectivity index (χ0v) is 9.71. The highest BCUT2D eigenvalue weighted by atomic mass is 16.5. The molecule has 1 aromatic carbocycles. The number of fused-ring (bicyclic) bond motifs is 1. The number of benzene rings is 1. The van der Waals surface area contributed by atoms with Crippen LogP contribution in [0.15, 0.2) is 12.1 Å². The Balaban J connectivity index is 2.47.